The highest BCUT2D eigenvalue weighted by Crippen LogP contribution is 2.18. The first-order valence-corrected chi connectivity index (χ1v) is 6.79. The largest absolute Gasteiger partial charge is 0.497 e. The number of aryl methyl sites for hydroxylation is 1. The Hall–Kier alpha value is -2.63. The summed E-state index contributed by atoms with van der Waals surface area (Å²) in [6, 6.07) is 8.12. The molecule has 0 saturated heterocycles. The molecule has 2 heterocycles. The van der Waals surface area contributed by atoms with E-state index in [-0.39, 0.29) is 0 Å². The van der Waals surface area contributed by atoms with Crippen molar-refractivity contribution in [2.45, 2.75) is 12.8 Å². The first kappa shape index (κ1) is 13.4. The van der Waals surface area contributed by atoms with Gasteiger partial charge in [-0.25, -0.2) is 4.98 Å². The Bertz CT molecular complexity index is 726. The van der Waals surface area contributed by atoms with Crippen LogP contribution in [-0.2, 0) is 6.42 Å². The van der Waals surface area contributed by atoms with Crippen LogP contribution in [0.5, 0.6) is 5.75 Å². The maximum atomic E-state index is 5.22. The van der Waals surface area contributed by atoms with E-state index < -0.39 is 0 Å². The number of ether oxygens (including phenoxy) is 1. The molecule has 1 N–H and O–H groups in total. The van der Waals surface area contributed by atoms with Gasteiger partial charge in [-0.05, 0) is 30.5 Å². The molecule has 0 aliphatic heterocycles. The van der Waals surface area contributed by atoms with Crippen molar-refractivity contribution in [2.24, 2.45) is 0 Å². The molecule has 0 fully saturated rings. The van der Waals surface area contributed by atoms with Gasteiger partial charge in [0.1, 0.15) is 23.3 Å². The smallest absolute Gasteiger partial charge is 0.262 e. The summed E-state index contributed by atoms with van der Waals surface area (Å²) >= 11 is 0. The summed E-state index contributed by atoms with van der Waals surface area (Å²) in [4.78, 5) is 8.21. The molecule has 6 nitrogen and oxygen atoms in total. The van der Waals surface area contributed by atoms with Crippen LogP contribution in [0.2, 0.25) is 0 Å². The molecule has 0 saturated carbocycles. The van der Waals surface area contributed by atoms with Gasteiger partial charge in [-0.3, -0.25) is 0 Å². The lowest BCUT2D eigenvalue weighted by molar-refractivity contribution is 0.414. The minimum Gasteiger partial charge on any atom is -0.497 e. The summed E-state index contributed by atoms with van der Waals surface area (Å²) < 4.78 is 10.2. The monoisotopic (exact) mass is 284 g/mol. The number of hydrogen-bond donors (Lipinski definition) is 1. The Kier molecular flexibility index (Phi) is 3.95. The van der Waals surface area contributed by atoms with Crippen LogP contribution >= 0.6 is 0 Å². The van der Waals surface area contributed by atoms with Gasteiger partial charge in [-0.2, -0.15) is 4.98 Å². The van der Waals surface area contributed by atoms with E-state index in [0.29, 0.717) is 5.71 Å². The molecule has 3 rings (SSSR count). The number of methoxy groups -OCH3 is 1. The number of aromatic nitrogens is 3. The highest BCUT2D eigenvalue weighted by molar-refractivity contribution is 5.83. The molecule has 108 valence electrons. The van der Waals surface area contributed by atoms with Crippen molar-refractivity contribution in [3.05, 3.63) is 42.4 Å². The lowest BCUT2D eigenvalue weighted by atomic mass is 10.1. The van der Waals surface area contributed by atoms with Crippen molar-refractivity contribution in [3.8, 4) is 5.75 Å². The molecule has 0 radical (unpaired) electrons. The van der Waals surface area contributed by atoms with E-state index in [4.69, 9.17) is 9.26 Å². The molecule has 6 heteroatoms. The molecule has 0 atom stereocenters. The first-order chi connectivity index (χ1) is 10.4. The van der Waals surface area contributed by atoms with Crippen LogP contribution in [0.1, 0.15) is 12.0 Å². The second-order valence-electron chi connectivity index (χ2n) is 4.65. The number of nitrogens with zero attached hydrogens (tertiary/aromatic N) is 3. The van der Waals surface area contributed by atoms with Crippen LogP contribution < -0.4 is 10.1 Å². The molecule has 0 spiro atoms. The summed E-state index contributed by atoms with van der Waals surface area (Å²) in [6.07, 6.45) is 5.06. The third-order valence-corrected chi connectivity index (χ3v) is 3.24. The lowest BCUT2D eigenvalue weighted by Crippen LogP contribution is -2.05. The van der Waals surface area contributed by atoms with Crippen molar-refractivity contribution in [1.82, 2.24) is 15.1 Å². The van der Waals surface area contributed by atoms with E-state index in [9.17, 15) is 0 Å². The van der Waals surface area contributed by atoms with E-state index in [0.717, 1.165) is 36.3 Å². The lowest BCUT2D eigenvalue weighted by Gasteiger charge is -2.06. The van der Waals surface area contributed by atoms with E-state index >= 15 is 0 Å². The summed E-state index contributed by atoms with van der Waals surface area (Å²) in [5.41, 5.74) is 1.76. The van der Waals surface area contributed by atoms with Gasteiger partial charge in [0.05, 0.1) is 13.3 Å². The van der Waals surface area contributed by atoms with Gasteiger partial charge in [0, 0.05) is 6.54 Å². The molecule has 21 heavy (non-hydrogen) atoms. The summed E-state index contributed by atoms with van der Waals surface area (Å²) in [6.45, 7) is 0.814. The fourth-order valence-corrected chi connectivity index (χ4v) is 2.17. The maximum absolute atomic E-state index is 5.22. The standard InChI is InChI=1S/C15H16N4O2/c1-20-12-6-2-4-11(8-12)5-3-7-16-14-13-9-19-21-15(13)18-10-17-14/h2,4,6,8-10H,3,5,7H2,1H3,(H,16,17,18). The predicted octanol–water partition coefficient (Wildman–Crippen LogP) is 2.67. The number of nitrogens with one attached hydrogen (secondary N) is 1. The van der Waals surface area contributed by atoms with Gasteiger partial charge in [-0.1, -0.05) is 17.3 Å². The van der Waals surface area contributed by atoms with E-state index in [1.54, 1.807) is 13.3 Å². The van der Waals surface area contributed by atoms with Crippen LogP contribution in [0.3, 0.4) is 0 Å². The summed E-state index contributed by atoms with van der Waals surface area (Å²) in [5.74, 6) is 1.65. The van der Waals surface area contributed by atoms with Gasteiger partial charge in [-0.15, -0.1) is 0 Å². The SMILES string of the molecule is COc1cccc(CCCNc2ncnc3oncc23)c1. The minimum absolute atomic E-state index is 0.500. The molecule has 1 aromatic carbocycles. The second kappa shape index (κ2) is 6.21. The quantitative estimate of drug-likeness (QED) is 0.701. The van der Waals surface area contributed by atoms with Gasteiger partial charge in [0.25, 0.3) is 5.71 Å². The molecule has 0 unspecified atom stereocenters. The van der Waals surface area contributed by atoms with E-state index in [1.165, 1.54) is 11.9 Å². The van der Waals surface area contributed by atoms with Gasteiger partial charge >= 0.3 is 0 Å². The van der Waals surface area contributed by atoms with Gasteiger partial charge in [0.15, 0.2) is 0 Å². The maximum Gasteiger partial charge on any atom is 0.262 e. The van der Waals surface area contributed by atoms with Crippen molar-refractivity contribution >= 4 is 16.9 Å². The van der Waals surface area contributed by atoms with Crippen LogP contribution in [0.4, 0.5) is 5.82 Å². The molecular formula is C15H16N4O2. The van der Waals surface area contributed by atoms with Crippen LogP contribution in [0, 0.1) is 0 Å². The Balaban J connectivity index is 1.55. The molecule has 0 bridgehead atoms. The average molecular weight is 284 g/mol. The van der Waals surface area contributed by atoms with Crippen molar-refractivity contribution in [3.63, 3.8) is 0 Å². The highest BCUT2D eigenvalue weighted by Gasteiger charge is 2.06. The normalized spacial score (nSPS) is 10.7. The van der Waals surface area contributed by atoms with E-state index in [1.807, 2.05) is 12.1 Å². The molecule has 2 aromatic heterocycles. The van der Waals surface area contributed by atoms with Crippen LogP contribution in [0.25, 0.3) is 11.1 Å². The summed E-state index contributed by atoms with van der Waals surface area (Å²) in [7, 11) is 1.68. The van der Waals surface area contributed by atoms with Crippen molar-refractivity contribution in [2.75, 3.05) is 19.0 Å². The zero-order valence-corrected chi connectivity index (χ0v) is 11.7. The fourth-order valence-electron chi connectivity index (χ4n) is 2.17. The van der Waals surface area contributed by atoms with Gasteiger partial charge in [0.2, 0.25) is 0 Å². The third-order valence-electron chi connectivity index (χ3n) is 3.24. The Labute approximate surface area is 122 Å². The number of hydrogen-bond acceptors (Lipinski definition) is 6. The Morgan fingerprint density at radius 2 is 2.24 bits per heavy atom. The zero-order valence-electron chi connectivity index (χ0n) is 11.7. The second-order valence-corrected chi connectivity index (χ2v) is 4.65. The highest BCUT2D eigenvalue weighted by atomic mass is 16.5. The Morgan fingerprint density at radius 3 is 3.14 bits per heavy atom. The third kappa shape index (κ3) is 3.10. The minimum atomic E-state index is 0.500. The fraction of sp³-hybridized carbons (Fsp3) is 0.267. The van der Waals surface area contributed by atoms with Gasteiger partial charge < -0.3 is 14.6 Å². The first-order valence-electron chi connectivity index (χ1n) is 6.79. The Morgan fingerprint density at radius 1 is 1.29 bits per heavy atom. The van der Waals surface area contributed by atoms with Crippen molar-refractivity contribution in [1.29, 1.82) is 0 Å². The van der Waals surface area contributed by atoms with Crippen molar-refractivity contribution < 1.29 is 9.26 Å². The zero-order chi connectivity index (χ0) is 14.5. The number of fused-ring (bicyclic) bond motifs is 1. The number of rotatable bonds is 6. The van der Waals surface area contributed by atoms with E-state index in [2.05, 4.69) is 32.6 Å². The molecular weight excluding hydrogens is 268 g/mol. The number of anilines is 1. The molecule has 0 aliphatic carbocycles. The predicted molar refractivity (Wildman–Crippen MR) is 79.4 cm³/mol. The molecule has 3 aromatic rings. The average Bonchev–Trinajstić information content (AvgIpc) is 3.01. The summed E-state index contributed by atoms with van der Waals surface area (Å²) in [5, 5.41) is 7.82. The van der Waals surface area contributed by atoms with Crippen LogP contribution in [0.15, 0.2) is 41.3 Å². The molecule has 0 amide bonds. The molecule has 0 aliphatic rings. The number of benzene rings is 1. The topological polar surface area (TPSA) is 73.1 Å². The van der Waals surface area contributed by atoms with Crippen LogP contribution in [-0.4, -0.2) is 28.8 Å².